The van der Waals surface area contributed by atoms with E-state index >= 15 is 0 Å². The van der Waals surface area contributed by atoms with Crippen LogP contribution in [0.15, 0.2) is 18.2 Å². The summed E-state index contributed by atoms with van der Waals surface area (Å²) in [4.78, 5) is 11.6. The molecule has 80 valence electrons. The molecule has 0 aliphatic rings. The van der Waals surface area contributed by atoms with Crippen LogP contribution < -0.4 is 11.1 Å². The van der Waals surface area contributed by atoms with Gasteiger partial charge in [-0.1, -0.05) is 24.4 Å². The monoisotopic (exact) mass is 222 g/mol. The second-order valence-electron chi connectivity index (χ2n) is 3.44. The zero-order chi connectivity index (χ0) is 11.4. The zero-order valence-electron chi connectivity index (χ0n) is 8.83. The van der Waals surface area contributed by atoms with Crippen LogP contribution in [0.2, 0.25) is 0 Å². The highest BCUT2D eigenvalue weighted by Gasteiger charge is 2.06. The van der Waals surface area contributed by atoms with E-state index in [9.17, 15) is 4.79 Å². The topological polar surface area (TPSA) is 55.1 Å². The normalized spacial score (nSPS) is 9.73. The molecule has 0 bridgehead atoms. The Morgan fingerprint density at radius 1 is 1.47 bits per heavy atom. The Balaban J connectivity index is 2.77. The molecular weight excluding hydrogens is 208 g/mol. The standard InChI is InChI=1S/C11H14N2OS/c1-7-4-3-5-9(8(7)2)13-11(14)6-10(12)15/h3-5H,6H2,1-2H3,(H2,12,15)(H,13,14). The molecule has 0 spiro atoms. The van der Waals surface area contributed by atoms with Crippen molar-refractivity contribution in [1.29, 1.82) is 0 Å². The minimum atomic E-state index is -0.170. The van der Waals surface area contributed by atoms with Crippen LogP contribution in [0, 0.1) is 13.8 Å². The summed E-state index contributed by atoms with van der Waals surface area (Å²) in [5, 5.41) is 2.78. The lowest BCUT2D eigenvalue weighted by atomic mass is 10.1. The van der Waals surface area contributed by atoms with Crippen LogP contribution in [0.5, 0.6) is 0 Å². The summed E-state index contributed by atoms with van der Waals surface area (Å²) >= 11 is 4.66. The predicted octanol–water partition coefficient (Wildman–Crippen LogP) is 1.92. The Hall–Kier alpha value is -1.42. The number of thiocarbonyl (C=S) groups is 1. The van der Waals surface area contributed by atoms with Gasteiger partial charge in [-0.25, -0.2) is 0 Å². The van der Waals surface area contributed by atoms with Crippen LogP contribution in [0.4, 0.5) is 5.69 Å². The summed E-state index contributed by atoms with van der Waals surface area (Å²) in [7, 11) is 0. The van der Waals surface area contributed by atoms with Crippen LogP contribution in [0.25, 0.3) is 0 Å². The fourth-order valence-corrected chi connectivity index (χ4v) is 1.37. The smallest absolute Gasteiger partial charge is 0.231 e. The maximum atomic E-state index is 11.4. The molecule has 0 fully saturated rings. The molecule has 0 aliphatic heterocycles. The Morgan fingerprint density at radius 2 is 2.13 bits per heavy atom. The largest absolute Gasteiger partial charge is 0.393 e. The molecule has 1 aromatic rings. The van der Waals surface area contributed by atoms with Crippen molar-refractivity contribution >= 4 is 28.8 Å². The number of anilines is 1. The van der Waals surface area contributed by atoms with E-state index in [1.807, 2.05) is 32.0 Å². The highest BCUT2D eigenvalue weighted by molar-refractivity contribution is 7.80. The van der Waals surface area contributed by atoms with Crippen LogP contribution in [-0.2, 0) is 4.79 Å². The van der Waals surface area contributed by atoms with Gasteiger partial charge in [-0.2, -0.15) is 0 Å². The number of hydrogen-bond donors (Lipinski definition) is 2. The quantitative estimate of drug-likeness (QED) is 0.768. The van der Waals surface area contributed by atoms with E-state index in [1.165, 1.54) is 0 Å². The number of amides is 1. The van der Waals surface area contributed by atoms with E-state index in [4.69, 9.17) is 5.73 Å². The molecule has 0 aromatic heterocycles. The molecule has 0 saturated heterocycles. The van der Waals surface area contributed by atoms with Crippen molar-refractivity contribution in [2.24, 2.45) is 5.73 Å². The Kier molecular flexibility index (Phi) is 3.80. The molecule has 15 heavy (non-hydrogen) atoms. The zero-order valence-corrected chi connectivity index (χ0v) is 9.65. The third kappa shape index (κ3) is 3.32. The Morgan fingerprint density at radius 3 is 2.73 bits per heavy atom. The Labute approximate surface area is 94.7 Å². The molecule has 1 rings (SSSR count). The molecule has 0 saturated carbocycles. The first-order chi connectivity index (χ1) is 7.00. The summed E-state index contributed by atoms with van der Waals surface area (Å²) in [5.41, 5.74) is 8.31. The van der Waals surface area contributed by atoms with E-state index in [-0.39, 0.29) is 17.3 Å². The van der Waals surface area contributed by atoms with E-state index in [0.717, 1.165) is 16.8 Å². The predicted molar refractivity (Wildman–Crippen MR) is 65.9 cm³/mol. The third-order valence-corrected chi connectivity index (χ3v) is 2.36. The first-order valence-corrected chi connectivity index (χ1v) is 5.06. The average Bonchev–Trinajstić information content (AvgIpc) is 2.11. The van der Waals surface area contributed by atoms with E-state index in [1.54, 1.807) is 0 Å². The fourth-order valence-electron chi connectivity index (χ4n) is 1.24. The number of carbonyl (C=O) groups is 1. The summed E-state index contributed by atoms with van der Waals surface area (Å²) in [6, 6.07) is 5.76. The molecule has 3 nitrogen and oxygen atoms in total. The van der Waals surface area contributed by atoms with E-state index in [2.05, 4.69) is 17.5 Å². The lowest BCUT2D eigenvalue weighted by Crippen LogP contribution is -2.20. The van der Waals surface area contributed by atoms with Gasteiger partial charge in [0.2, 0.25) is 5.91 Å². The van der Waals surface area contributed by atoms with E-state index in [0.29, 0.717) is 0 Å². The average molecular weight is 222 g/mol. The molecule has 0 heterocycles. The number of rotatable bonds is 3. The molecule has 0 aliphatic carbocycles. The lowest BCUT2D eigenvalue weighted by Gasteiger charge is -2.09. The first kappa shape index (κ1) is 11.7. The van der Waals surface area contributed by atoms with Crippen molar-refractivity contribution < 1.29 is 4.79 Å². The maximum absolute atomic E-state index is 11.4. The molecule has 0 radical (unpaired) electrons. The Bertz CT molecular complexity index is 402. The van der Waals surface area contributed by atoms with Gasteiger partial charge in [0.05, 0.1) is 11.4 Å². The van der Waals surface area contributed by atoms with Crippen LogP contribution in [-0.4, -0.2) is 10.9 Å². The van der Waals surface area contributed by atoms with Crippen LogP contribution >= 0.6 is 12.2 Å². The molecule has 1 aromatic carbocycles. The fraction of sp³-hybridized carbons (Fsp3) is 0.273. The van der Waals surface area contributed by atoms with Gasteiger partial charge in [-0.15, -0.1) is 0 Å². The molecular formula is C11H14N2OS. The van der Waals surface area contributed by atoms with Crippen molar-refractivity contribution in [2.75, 3.05) is 5.32 Å². The van der Waals surface area contributed by atoms with Crippen LogP contribution in [0.1, 0.15) is 17.5 Å². The molecule has 3 N–H and O–H groups in total. The second kappa shape index (κ2) is 4.89. The number of aryl methyl sites for hydroxylation is 1. The van der Waals surface area contributed by atoms with Crippen molar-refractivity contribution in [3.05, 3.63) is 29.3 Å². The summed E-state index contributed by atoms with van der Waals surface area (Å²) in [6.07, 6.45) is 0.0860. The number of nitrogens with one attached hydrogen (secondary N) is 1. The number of hydrogen-bond acceptors (Lipinski definition) is 2. The van der Waals surface area contributed by atoms with Crippen molar-refractivity contribution in [3.8, 4) is 0 Å². The third-order valence-electron chi connectivity index (χ3n) is 2.21. The van der Waals surface area contributed by atoms with Gasteiger partial charge in [-0.3, -0.25) is 4.79 Å². The first-order valence-electron chi connectivity index (χ1n) is 4.65. The summed E-state index contributed by atoms with van der Waals surface area (Å²) in [6.45, 7) is 3.96. The van der Waals surface area contributed by atoms with Gasteiger partial charge in [0.15, 0.2) is 0 Å². The number of carbonyl (C=O) groups excluding carboxylic acids is 1. The summed E-state index contributed by atoms with van der Waals surface area (Å²) in [5.74, 6) is -0.170. The molecule has 1 amide bonds. The van der Waals surface area contributed by atoms with Gasteiger partial charge in [0, 0.05) is 5.69 Å². The van der Waals surface area contributed by atoms with Gasteiger partial charge in [0.1, 0.15) is 0 Å². The van der Waals surface area contributed by atoms with Crippen molar-refractivity contribution in [1.82, 2.24) is 0 Å². The highest BCUT2D eigenvalue weighted by Crippen LogP contribution is 2.17. The minimum Gasteiger partial charge on any atom is -0.393 e. The number of nitrogens with two attached hydrogens (primary N) is 1. The van der Waals surface area contributed by atoms with Gasteiger partial charge < -0.3 is 11.1 Å². The lowest BCUT2D eigenvalue weighted by molar-refractivity contribution is -0.115. The van der Waals surface area contributed by atoms with Crippen molar-refractivity contribution in [2.45, 2.75) is 20.3 Å². The second-order valence-corrected chi connectivity index (χ2v) is 3.96. The maximum Gasteiger partial charge on any atom is 0.231 e. The SMILES string of the molecule is Cc1cccc(NC(=O)CC(N)=S)c1C. The highest BCUT2D eigenvalue weighted by atomic mass is 32.1. The van der Waals surface area contributed by atoms with Gasteiger partial charge in [0.25, 0.3) is 0 Å². The number of benzene rings is 1. The molecule has 0 unspecified atom stereocenters. The van der Waals surface area contributed by atoms with Gasteiger partial charge in [-0.05, 0) is 31.0 Å². The molecule has 4 heteroatoms. The minimum absolute atomic E-state index is 0.0860. The van der Waals surface area contributed by atoms with E-state index < -0.39 is 0 Å². The molecule has 0 atom stereocenters. The summed E-state index contributed by atoms with van der Waals surface area (Å²) < 4.78 is 0. The van der Waals surface area contributed by atoms with Crippen molar-refractivity contribution in [3.63, 3.8) is 0 Å². The van der Waals surface area contributed by atoms with Gasteiger partial charge >= 0.3 is 0 Å². The van der Waals surface area contributed by atoms with Crippen LogP contribution in [0.3, 0.4) is 0 Å².